The minimum absolute atomic E-state index is 0.148. The van der Waals surface area contributed by atoms with E-state index < -0.39 is 0 Å². The summed E-state index contributed by atoms with van der Waals surface area (Å²) in [7, 11) is 0. The summed E-state index contributed by atoms with van der Waals surface area (Å²) in [5, 5.41) is 6.46. The predicted molar refractivity (Wildman–Crippen MR) is 95.8 cm³/mol. The van der Waals surface area contributed by atoms with Gasteiger partial charge >= 0.3 is 0 Å². The molecule has 3 heterocycles. The van der Waals surface area contributed by atoms with Gasteiger partial charge in [-0.15, -0.1) is 11.3 Å². The maximum Gasteiger partial charge on any atom is 0.264 e. The Balaban J connectivity index is 1.56. The molecular weight excluding hydrogens is 376 g/mol. The summed E-state index contributed by atoms with van der Waals surface area (Å²) in [5.74, 6) is 0.148. The van der Waals surface area contributed by atoms with E-state index in [2.05, 4.69) is 46.0 Å². The number of aromatic nitrogens is 2. The van der Waals surface area contributed by atoms with E-state index >= 15 is 0 Å². The zero-order valence-corrected chi connectivity index (χ0v) is 15.9. The fourth-order valence-electron chi connectivity index (χ4n) is 2.81. The number of piperazine rings is 1. The maximum absolute atomic E-state index is 12.5. The Hall–Kier alpha value is -1.18. The SMILES string of the molecule is CCn1cc(CN2CCN(C(=O)c3cc(Br)cs3)CC2)c(C)n1. The Kier molecular flexibility index (Phi) is 5.18. The largest absolute Gasteiger partial charge is 0.335 e. The van der Waals surface area contributed by atoms with Gasteiger partial charge in [0.25, 0.3) is 5.91 Å². The van der Waals surface area contributed by atoms with Gasteiger partial charge in [-0.25, -0.2) is 0 Å². The summed E-state index contributed by atoms with van der Waals surface area (Å²) >= 11 is 4.91. The molecule has 1 aliphatic rings. The Morgan fingerprint density at radius 2 is 2.09 bits per heavy atom. The van der Waals surface area contributed by atoms with Crippen molar-refractivity contribution in [2.45, 2.75) is 26.9 Å². The number of aryl methyl sites for hydroxylation is 2. The lowest BCUT2D eigenvalue weighted by Gasteiger charge is -2.34. The standard InChI is InChI=1S/C16H21BrN4OS/c1-3-21-10-13(12(2)18-21)9-19-4-6-20(7-5-19)16(22)15-8-14(17)11-23-15/h8,10-11H,3-7,9H2,1-2H3. The van der Waals surface area contributed by atoms with Crippen LogP contribution < -0.4 is 0 Å². The van der Waals surface area contributed by atoms with Gasteiger partial charge in [-0.2, -0.15) is 5.10 Å². The first-order valence-electron chi connectivity index (χ1n) is 7.85. The molecule has 5 nitrogen and oxygen atoms in total. The van der Waals surface area contributed by atoms with Crippen LogP contribution in [0.5, 0.6) is 0 Å². The highest BCUT2D eigenvalue weighted by atomic mass is 79.9. The van der Waals surface area contributed by atoms with E-state index in [1.54, 1.807) is 0 Å². The van der Waals surface area contributed by atoms with E-state index in [0.29, 0.717) is 0 Å². The van der Waals surface area contributed by atoms with Crippen molar-refractivity contribution in [2.24, 2.45) is 0 Å². The van der Waals surface area contributed by atoms with Gasteiger partial charge < -0.3 is 4.90 Å². The zero-order chi connectivity index (χ0) is 16.4. The summed E-state index contributed by atoms with van der Waals surface area (Å²) in [6.45, 7) is 9.38. The number of hydrogen-bond donors (Lipinski definition) is 0. The van der Waals surface area contributed by atoms with Crippen molar-refractivity contribution in [3.63, 3.8) is 0 Å². The van der Waals surface area contributed by atoms with Crippen molar-refractivity contribution >= 4 is 33.2 Å². The summed E-state index contributed by atoms with van der Waals surface area (Å²) in [4.78, 5) is 17.6. The van der Waals surface area contributed by atoms with E-state index in [9.17, 15) is 4.79 Å². The second kappa shape index (κ2) is 7.15. The highest BCUT2D eigenvalue weighted by Gasteiger charge is 2.23. The van der Waals surface area contributed by atoms with Crippen LogP contribution in [0.15, 0.2) is 22.1 Å². The number of nitrogens with zero attached hydrogens (tertiary/aromatic N) is 4. The molecule has 124 valence electrons. The fraction of sp³-hybridized carbons (Fsp3) is 0.500. The average molecular weight is 397 g/mol. The molecule has 0 saturated carbocycles. The average Bonchev–Trinajstić information content (AvgIpc) is 3.14. The molecule has 0 bridgehead atoms. The molecule has 1 amide bonds. The van der Waals surface area contributed by atoms with Crippen molar-refractivity contribution in [3.05, 3.63) is 38.3 Å². The number of hydrogen-bond acceptors (Lipinski definition) is 4. The molecule has 0 aliphatic carbocycles. The summed E-state index contributed by atoms with van der Waals surface area (Å²) in [6.07, 6.45) is 2.13. The van der Waals surface area contributed by atoms with Crippen LogP contribution in [0.3, 0.4) is 0 Å². The van der Waals surface area contributed by atoms with Gasteiger partial charge in [0.2, 0.25) is 0 Å². The lowest BCUT2D eigenvalue weighted by Crippen LogP contribution is -2.48. The molecule has 1 saturated heterocycles. The van der Waals surface area contributed by atoms with Crippen LogP contribution in [-0.2, 0) is 13.1 Å². The Labute approximate surface area is 149 Å². The van der Waals surface area contributed by atoms with Crippen molar-refractivity contribution in [2.75, 3.05) is 26.2 Å². The van der Waals surface area contributed by atoms with E-state index in [0.717, 1.165) is 54.3 Å². The van der Waals surface area contributed by atoms with E-state index in [-0.39, 0.29) is 5.91 Å². The summed E-state index contributed by atoms with van der Waals surface area (Å²) < 4.78 is 2.96. The van der Waals surface area contributed by atoms with Crippen LogP contribution in [0.1, 0.15) is 27.9 Å². The Morgan fingerprint density at radius 3 is 2.65 bits per heavy atom. The summed E-state index contributed by atoms with van der Waals surface area (Å²) in [5.41, 5.74) is 2.39. The number of amides is 1. The minimum Gasteiger partial charge on any atom is -0.335 e. The first-order valence-corrected chi connectivity index (χ1v) is 9.52. The third-order valence-electron chi connectivity index (χ3n) is 4.20. The molecule has 2 aromatic rings. The summed E-state index contributed by atoms with van der Waals surface area (Å²) in [6, 6.07) is 1.90. The second-order valence-corrected chi connectivity index (χ2v) is 7.62. The lowest BCUT2D eigenvalue weighted by molar-refractivity contribution is 0.0633. The van der Waals surface area contributed by atoms with Crippen LogP contribution in [0, 0.1) is 6.92 Å². The van der Waals surface area contributed by atoms with Crippen LogP contribution in [-0.4, -0.2) is 51.7 Å². The lowest BCUT2D eigenvalue weighted by atomic mass is 10.2. The first-order chi connectivity index (χ1) is 11.1. The number of halogens is 1. The monoisotopic (exact) mass is 396 g/mol. The molecular formula is C16H21BrN4OS. The molecule has 23 heavy (non-hydrogen) atoms. The molecule has 0 spiro atoms. The van der Waals surface area contributed by atoms with Crippen LogP contribution in [0.4, 0.5) is 0 Å². The molecule has 0 atom stereocenters. The highest BCUT2D eigenvalue weighted by molar-refractivity contribution is 9.10. The number of rotatable bonds is 4. The van der Waals surface area contributed by atoms with E-state index in [4.69, 9.17) is 0 Å². The van der Waals surface area contributed by atoms with Crippen LogP contribution >= 0.6 is 27.3 Å². The second-order valence-electron chi connectivity index (χ2n) is 5.79. The molecule has 7 heteroatoms. The molecule has 3 rings (SSSR count). The van der Waals surface area contributed by atoms with Crippen molar-refractivity contribution in [1.29, 1.82) is 0 Å². The molecule has 0 N–H and O–H groups in total. The third kappa shape index (κ3) is 3.84. The van der Waals surface area contributed by atoms with Gasteiger partial charge in [0.15, 0.2) is 0 Å². The molecule has 0 radical (unpaired) electrons. The van der Waals surface area contributed by atoms with Gasteiger partial charge in [0, 0.05) is 60.9 Å². The number of carbonyl (C=O) groups excluding carboxylic acids is 1. The molecule has 2 aromatic heterocycles. The van der Waals surface area contributed by atoms with Crippen molar-refractivity contribution in [1.82, 2.24) is 19.6 Å². The van der Waals surface area contributed by atoms with E-state index in [1.807, 2.05) is 21.0 Å². The first kappa shape index (κ1) is 16.7. The van der Waals surface area contributed by atoms with Gasteiger partial charge in [0.1, 0.15) is 0 Å². The number of carbonyl (C=O) groups is 1. The maximum atomic E-state index is 12.5. The van der Waals surface area contributed by atoms with Gasteiger partial charge in [-0.3, -0.25) is 14.4 Å². The van der Waals surface area contributed by atoms with Crippen LogP contribution in [0.2, 0.25) is 0 Å². The third-order valence-corrected chi connectivity index (χ3v) is 5.88. The normalized spacial score (nSPS) is 16.0. The highest BCUT2D eigenvalue weighted by Crippen LogP contribution is 2.22. The fourth-order valence-corrected chi connectivity index (χ4v) is 4.20. The quantitative estimate of drug-likeness (QED) is 0.797. The molecule has 0 unspecified atom stereocenters. The van der Waals surface area contributed by atoms with Gasteiger partial charge in [0.05, 0.1) is 10.6 Å². The smallest absolute Gasteiger partial charge is 0.264 e. The van der Waals surface area contributed by atoms with Crippen LogP contribution in [0.25, 0.3) is 0 Å². The zero-order valence-electron chi connectivity index (χ0n) is 13.5. The topological polar surface area (TPSA) is 41.4 Å². The minimum atomic E-state index is 0.148. The Morgan fingerprint density at radius 1 is 1.35 bits per heavy atom. The van der Waals surface area contributed by atoms with Crippen molar-refractivity contribution < 1.29 is 4.79 Å². The Bertz CT molecular complexity index is 688. The number of thiophene rings is 1. The molecule has 1 aliphatic heterocycles. The van der Waals surface area contributed by atoms with Gasteiger partial charge in [-0.05, 0) is 35.8 Å². The van der Waals surface area contributed by atoms with E-state index in [1.165, 1.54) is 16.9 Å². The predicted octanol–water partition coefficient (Wildman–Crippen LogP) is 2.99. The van der Waals surface area contributed by atoms with Gasteiger partial charge in [-0.1, -0.05) is 0 Å². The molecule has 1 fully saturated rings. The molecule has 0 aromatic carbocycles. The van der Waals surface area contributed by atoms with Crippen molar-refractivity contribution in [3.8, 4) is 0 Å².